The van der Waals surface area contributed by atoms with Crippen molar-refractivity contribution >= 4 is 17.7 Å². The van der Waals surface area contributed by atoms with Crippen molar-refractivity contribution < 1.29 is 24.6 Å². The van der Waals surface area contributed by atoms with Crippen LogP contribution in [0.1, 0.15) is 32.1 Å². The van der Waals surface area contributed by atoms with Crippen molar-refractivity contribution in [3.8, 4) is 0 Å². The first-order valence-electron chi connectivity index (χ1n) is 5.91. The Labute approximate surface area is 97.8 Å². The zero-order valence-corrected chi connectivity index (χ0v) is 9.31. The van der Waals surface area contributed by atoms with Crippen molar-refractivity contribution in [1.82, 2.24) is 0 Å². The number of carbonyl (C=O) groups excluding carboxylic acids is 1. The van der Waals surface area contributed by atoms with Gasteiger partial charge >= 0.3 is 11.9 Å². The summed E-state index contributed by atoms with van der Waals surface area (Å²) in [5.41, 5.74) is -2.36. The summed E-state index contributed by atoms with van der Waals surface area (Å²) in [4.78, 5) is 35.0. The van der Waals surface area contributed by atoms with Crippen molar-refractivity contribution in [2.75, 3.05) is 0 Å². The summed E-state index contributed by atoms with van der Waals surface area (Å²) in [5, 5.41) is 18.7. The van der Waals surface area contributed by atoms with Crippen LogP contribution in [0.15, 0.2) is 0 Å². The molecule has 4 atom stereocenters. The van der Waals surface area contributed by atoms with E-state index in [0.717, 1.165) is 0 Å². The van der Waals surface area contributed by atoms with Crippen molar-refractivity contribution in [1.29, 1.82) is 0 Å². The fourth-order valence-corrected chi connectivity index (χ4v) is 4.42. The molecular formula is C12H14O5. The van der Waals surface area contributed by atoms with Crippen molar-refractivity contribution in [3.05, 3.63) is 0 Å². The highest BCUT2D eigenvalue weighted by Gasteiger charge is 2.68. The van der Waals surface area contributed by atoms with Gasteiger partial charge in [-0.1, -0.05) is 0 Å². The topological polar surface area (TPSA) is 91.7 Å². The van der Waals surface area contributed by atoms with Crippen LogP contribution in [0.25, 0.3) is 0 Å². The van der Waals surface area contributed by atoms with E-state index in [1.54, 1.807) is 0 Å². The maximum absolute atomic E-state index is 12.1. The molecule has 4 saturated carbocycles. The highest BCUT2D eigenvalue weighted by molar-refractivity contribution is 6.06. The average Bonchev–Trinajstić information content (AvgIpc) is 2.24. The second-order valence-electron chi connectivity index (χ2n) is 5.92. The monoisotopic (exact) mass is 238 g/mol. The van der Waals surface area contributed by atoms with E-state index >= 15 is 0 Å². The molecule has 17 heavy (non-hydrogen) atoms. The zero-order chi connectivity index (χ0) is 12.4. The Bertz CT molecular complexity index is 442. The van der Waals surface area contributed by atoms with Crippen LogP contribution in [0.4, 0.5) is 0 Å². The van der Waals surface area contributed by atoms with Gasteiger partial charge in [0.2, 0.25) is 0 Å². The summed E-state index contributed by atoms with van der Waals surface area (Å²) in [6.45, 7) is 0. The van der Waals surface area contributed by atoms with Gasteiger partial charge in [0.15, 0.2) is 5.78 Å². The van der Waals surface area contributed by atoms with Crippen molar-refractivity contribution in [2.45, 2.75) is 32.1 Å². The minimum Gasteiger partial charge on any atom is -0.481 e. The van der Waals surface area contributed by atoms with E-state index in [1.807, 2.05) is 0 Å². The molecule has 4 bridgehead atoms. The molecule has 0 unspecified atom stereocenters. The van der Waals surface area contributed by atoms with E-state index in [-0.39, 0.29) is 24.0 Å². The van der Waals surface area contributed by atoms with Crippen LogP contribution in [-0.4, -0.2) is 27.9 Å². The fraction of sp³-hybridized carbons (Fsp3) is 0.750. The predicted octanol–water partition coefficient (Wildman–Crippen LogP) is 0.921. The van der Waals surface area contributed by atoms with Crippen LogP contribution < -0.4 is 0 Å². The van der Waals surface area contributed by atoms with Gasteiger partial charge in [-0.2, -0.15) is 0 Å². The molecule has 2 N–H and O–H groups in total. The molecule has 4 aliphatic carbocycles. The quantitative estimate of drug-likeness (QED) is 0.698. The lowest BCUT2D eigenvalue weighted by Crippen LogP contribution is -2.62. The van der Waals surface area contributed by atoms with Crippen LogP contribution in [0.2, 0.25) is 0 Å². The first kappa shape index (κ1) is 10.7. The molecule has 0 aromatic rings. The van der Waals surface area contributed by atoms with Crippen LogP contribution >= 0.6 is 0 Å². The summed E-state index contributed by atoms with van der Waals surface area (Å²) >= 11 is 0. The van der Waals surface area contributed by atoms with E-state index in [0.29, 0.717) is 25.7 Å². The Morgan fingerprint density at radius 1 is 1.12 bits per heavy atom. The summed E-state index contributed by atoms with van der Waals surface area (Å²) in [6.07, 6.45) is 1.90. The Balaban J connectivity index is 2.11. The summed E-state index contributed by atoms with van der Waals surface area (Å²) in [5.74, 6) is -2.53. The standard InChI is InChI=1S/C12H14O5/c13-8-7-1-6-2-11(4-7,9(14)15)5-12(8,3-6)10(16)17/h6-7H,1-5H2,(H,14,15)(H,16,17)/t6-,7+,11+,12+/m0/s1. The number of carboxylic acids is 2. The van der Waals surface area contributed by atoms with Crippen molar-refractivity contribution in [2.24, 2.45) is 22.7 Å². The summed E-state index contributed by atoms with van der Waals surface area (Å²) < 4.78 is 0. The van der Waals surface area contributed by atoms with Crippen LogP contribution in [0.3, 0.4) is 0 Å². The van der Waals surface area contributed by atoms with Gasteiger partial charge in [0.05, 0.1) is 5.41 Å². The smallest absolute Gasteiger partial charge is 0.317 e. The Hall–Kier alpha value is -1.39. The lowest BCUT2D eigenvalue weighted by Gasteiger charge is -2.57. The van der Waals surface area contributed by atoms with Gasteiger partial charge < -0.3 is 10.2 Å². The third-order valence-electron chi connectivity index (χ3n) is 4.92. The minimum atomic E-state index is -1.40. The largest absolute Gasteiger partial charge is 0.481 e. The first-order chi connectivity index (χ1) is 7.90. The van der Waals surface area contributed by atoms with E-state index in [1.165, 1.54) is 0 Å². The maximum atomic E-state index is 12.1. The fourth-order valence-electron chi connectivity index (χ4n) is 4.42. The molecule has 0 radical (unpaired) electrons. The normalized spacial score (nSPS) is 47.2. The van der Waals surface area contributed by atoms with Crippen LogP contribution in [0, 0.1) is 22.7 Å². The van der Waals surface area contributed by atoms with Gasteiger partial charge in [0, 0.05) is 5.92 Å². The number of ketones is 1. The van der Waals surface area contributed by atoms with E-state index in [2.05, 4.69) is 0 Å². The van der Waals surface area contributed by atoms with Crippen molar-refractivity contribution in [3.63, 3.8) is 0 Å². The number of rotatable bonds is 2. The van der Waals surface area contributed by atoms with E-state index in [9.17, 15) is 24.6 Å². The zero-order valence-electron chi connectivity index (χ0n) is 9.31. The Kier molecular flexibility index (Phi) is 1.83. The minimum absolute atomic E-state index is 0.00347. The highest BCUT2D eigenvalue weighted by Crippen LogP contribution is 2.63. The van der Waals surface area contributed by atoms with Gasteiger partial charge in [0.1, 0.15) is 5.41 Å². The molecule has 4 rings (SSSR count). The molecule has 0 spiro atoms. The first-order valence-corrected chi connectivity index (χ1v) is 5.91. The predicted molar refractivity (Wildman–Crippen MR) is 55.2 cm³/mol. The molecule has 0 saturated heterocycles. The number of carboxylic acid groups (broad SMARTS) is 2. The molecule has 92 valence electrons. The molecule has 0 aliphatic heterocycles. The van der Waals surface area contributed by atoms with E-state index < -0.39 is 22.8 Å². The molecule has 0 amide bonds. The lowest BCUT2D eigenvalue weighted by molar-refractivity contribution is -0.189. The SMILES string of the molecule is O=C(O)[C@]12C[C@@H]3C[C@H](C1)C(=O)[C@@](C(=O)O)(C3)C2. The second-order valence-corrected chi connectivity index (χ2v) is 5.92. The maximum Gasteiger partial charge on any atom is 0.317 e. The van der Waals surface area contributed by atoms with E-state index in [4.69, 9.17) is 0 Å². The molecule has 4 aliphatic rings. The highest BCUT2D eigenvalue weighted by atomic mass is 16.4. The summed E-state index contributed by atoms with van der Waals surface area (Å²) in [6, 6.07) is 0. The molecule has 0 heterocycles. The average molecular weight is 238 g/mol. The number of aliphatic carboxylic acids is 2. The number of Topliss-reactive ketones (excluding diaryl/α,β-unsaturated/α-hetero) is 1. The van der Waals surface area contributed by atoms with Gasteiger partial charge in [-0.15, -0.1) is 0 Å². The number of hydrogen-bond acceptors (Lipinski definition) is 3. The van der Waals surface area contributed by atoms with Gasteiger partial charge in [0.25, 0.3) is 0 Å². The molecule has 5 nitrogen and oxygen atoms in total. The third kappa shape index (κ3) is 1.12. The van der Waals surface area contributed by atoms with Crippen LogP contribution in [0.5, 0.6) is 0 Å². The molecular weight excluding hydrogens is 224 g/mol. The Morgan fingerprint density at radius 3 is 2.41 bits per heavy atom. The third-order valence-corrected chi connectivity index (χ3v) is 4.92. The second kappa shape index (κ2) is 2.89. The molecule has 0 aromatic heterocycles. The number of hydrogen-bond donors (Lipinski definition) is 2. The van der Waals surface area contributed by atoms with Gasteiger partial charge in [-0.25, -0.2) is 0 Å². The molecule has 5 heteroatoms. The number of carbonyl (C=O) groups is 3. The Morgan fingerprint density at radius 2 is 1.82 bits per heavy atom. The lowest BCUT2D eigenvalue weighted by atomic mass is 9.43. The molecule has 0 aromatic carbocycles. The summed E-state index contributed by atoms with van der Waals surface area (Å²) in [7, 11) is 0. The van der Waals surface area contributed by atoms with Gasteiger partial charge in [-0.3, -0.25) is 14.4 Å². The molecule has 4 fully saturated rings. The van der Waals surface area contributed by atoms with Gasteiger partial charge in [-0.05, 0) is 38.0 Å². The van der Waals surface area contributed by atoms with Crippen LogP contribution in [-0.2, 0) is 14.4 Å².